The molecule has 0 amide bonds. The molecule has 106 valence electrons. The quantitative estimate of drug-likeness (QED) is 0.825. The van der Waals surface area contributed by atoms with Crippen molar-refractivity contribution in [1.29, 1.82) is 0 Å². The third-order valence-electron chi connectivity index (χ3n) is 2.59. The van der Waals surface area contributed by atoms with Crippen LogP contribution >= 0.6 is 15.9 Å². The maximum atomic E-state index is 12.3. The number of nitrogens with one attached hydrogen (secondary N) is 1. The van der Waals surface area contributed by atoms with Crippen molar-refractivity contribution in [2.24, 2.45) is 0 Å². The first-order valence-corrected chi connectivity index (χ1v) is 7.92. The normalized spacial score (nSPS) is 11.1. The summed E-state index contributed by atoms with van der Waals surface area (Å²) in [5.41, 5.74) is 6.46. The lowest BCUT2D eigenvalue weighted by Crippen LogP contribution is -2.13. The van der Waals surface area contributed by atoms with Gasteiger partial charge in [-0.25, -0.2) is 8.42 Å². The Labute approximate surface area is 125 Å². The number of hydrogen-bond donors (Lipinski definition) is 2. The Hall–Kier alpha value is -1.73. The SMILES string of the molecule is COc1cc(N)ccc1NS(=O)(=O)c1ccc(Br)cc1. The van der Waals surface area contributed by atoms with E-state index in [2.05, 4.69) is 20.7 Å². The summed E-state index contributed by atoms with van der Waals surface area (Å²) in [5.74, 6) is 0.366. The predicted molar refractivity (Wildman–Crippen MR) is 82.4 cm³/mol. The van der Waals surface area contributed by atoms with E-state index >= 15 is 0 Å². The van der Waals surface area contributed by atoms with Crippen molar-refractivity contribution in [3.63, 3.8) is 0 Å². The highest BCUT2D eigenvalue weighted by molar-refractivity contribution is 9.10. The van der Waals surface area contributed by atoms with E-state index in [1.54, 1.807) is 30.3 Å². The zero-order valence-electron chi connectivity index (χ0n) is 10.6. The summed E-state index contributed by atoms with van der Waals surface area (Å²) in [4.78, 5) is 0.166. The van der Waals surface area contributed by atoms with Crippen LogP contribution in [0.3, 0.4) is 0 Å². The molecule has 0 fully saturated rings. The van der Waals surface area contributed by atoms with E-state index in [1.807, 2.05) is 0 Å². The fraction of sp³-hybridized carbons (Fsp3) is 0.0769. The lowest BCUT2D eigenvalue weighted by atomic mass is 10.2. The first-order valence-electron chi connectivity index (χ1n) is 5.64. The Morgan fingerprint density at radius 3 is 2.40 bits per heavy atom. The zero-order valence-corrected chi connectivity index (χ0v) is 13.0. The van der Waals surface area contributed by atoms with Gasteiger partial charge >= 0.3 is 0 Å². The van der Waals surface area contributed by atoms with Crippen LogP contribution in [0.15, 0.2) is 51.8 Å². The number of benzene rings is 2. The van der Waals surface area contributed by atoms with Crippen molar-refractivity contribution >= 4 is 37.3 Å². The molecule has 2 aromatic carbocycles. The fourth-order valence-corrected chi connectivity index (χ4v) is 2.94. The van der Waals surface area contributed by atoms with Crippen LogP contribution in [0.25, 0.3) is 0 Å². The summed E-state index contributed by atoms with van der Waals surface area (Å²) in [6, 6.07) is 11.1. The van der Waals surface area contributed by atoms with Crippen LogP contribution in [0, 0.1) is 0 Å². The van der Waals surface area contributed by atoms with E-state index in [-0.39, 0.29) is 4.90 Å². The number of anilines is 2. The van der Waals surface area contributed by atoms with Gasteiger partial charge in [0.1, 0.15) is 5.75 Å². The number of rotatable bonds is 4. The summed E-state index contributed by atoms with van der Waals surface area (Å²) in [7, 11) is -2.22. The van der Waals surface area contributed by atoms with Crippen molar-refractivity contribution in [3.05, 3.63) is 46.9 Å². The topological polar surface area (TPSA) is 81.4 Å². The van der Waals surface area contributed by atoms with Gasteiger partial charge in [0.25, 0.3) is 10.0 Å². The van der Waals surface area contributed by atoms with Crippen LogP contribution in [-0.2, 0) is 10.0 Å². The molecule has 20 heavy (non-hydrogen) atoms. The summed E-state index contributed by atoms with van der Waals surface area (Å²) >= 11 is 3.26. The molecule has 0 bridgehead atoms. The maximum absolute atomic E-state index is 12.3. The average molecular weight is 357 g/mol. The predicted octanol–water partition coefficient (Wildman–Crippen LogP) is 2.84. The number of hydrogen-bond acceptors (Lipinski definition) is 4. The second-order valence-corrected chi connectivity index (χ2v) is 6.62. The molecule has 2 aromatic rings. The van der Waals surface area contributed by atoms with Gasteiger partial charge in [0.2, 0.25) is 0 Å². The van der Waals surface area contributed by atoms with Gasteiger partial charge in [0, 0.05) is 16.2 Å². The van der Waals surface area contributed by atoms with Gasteiger partial charge in [-0.1, -0.05) is 15.9 Å². The molecule has 0 saturated heterocycles. The van der Waals surface area contributed by atoms with Crippen LogP contribution in [0.2, 0.25) is 0 Å². The van der Waals surface area contributed by atoms with E-state index in [0.717, 1.165) is 4.47 Å². The fourth-order valence-electron chi connectivity index (χ4n) is 1.61. The van der Waals surface area contributed by atoms with Crippen molar-refractivity contribution in [1.82, 2.24) is 0 Å². The molecule has 3 N–H and O–H groups in total. The Morgan fingerprint density at radius 1 is 1.15 bits per heavy atom. The lowest BCUT2D eigenvalue weighted by molar-refractivity contribution is 0.417. The van der Waals surface area contributed by atoms with E-state index in [1.165, 1.54) is 19.2 Å². The molecule has 0 radical (unpaired) electrons. The van der Waals surface area contributed by atoms with Gasteiger partial charge in [0.05, 0.1) is 17.7 Å². The number of sulfonamides is 1. The van der Waals surface area contributed by atoms with Crippen LogP contribution in [0.5, 0.6) is 5.75 Å². The van der Waals surface area contributed by atoms with Crippen LogP contribution in [0.4, 0.5) is 11.4 Å². The molecule has 0 unspecified atom stereocenters. The Kier molecular flexibility index (Phi) is 4.20. The van der Waals surface area contributed by atoms with E-state index < -0.39 is 10.0 Å². The van der Waals surface area contributed by atoms with E-state index in [4.69, 9.17) is 10.5 Å². The molecule has 0 saturated carbocycles. The van der Waals surface area contributed by atoms with Crippen LogP contribution in [0.1, 0.15) is 0 Å². The molecule has 0 aliphatic rings. The zero-order chi connectivity index (χ0) is 14.8. The van der Waals surface area contributed by atoms with Gasteiger partial charge in [0.15, 0.2) is 0 Å². The van der Waals surface area contributed by atoms with Gasteiger partial charge < -0.3 is 10.5 Å². The monoisotopic (exact) mass is 356 g/mol. The number of ether oxygens (including phenoxy) is 1. The first-order chi connectivity index (χ1) is 9.42. The summed E-state index contributed by atoms with van der Waals surface area (Å²) < 4.78 is 32.9. The highest BCUT2D eigenvalue weighted by Crippen LogP contribution is 2.29. The van der Waals surface area contributed by atoms with Crippen LogP contribution < -0.4 is 15.2 Å². The van der Waals surface area contributed by atoms with Crippen molar-refractivity contribution in [2.45, 2.75) is 4.90 Å². The number of nitrogens with two attached hydrogens (primary N) is 1. The minimum Gasteiger partial charge on any atom is -0.494 e. The minimum absolute atomic E-state index is 0.166. The first kappa shape index (κ1) is 14.7. The van der Waals surface area contributed by atoms with Crippen molar-refractivity contribution in [2.75, 3.05) is 17.6 Å². The standard InChI is InChI=1S/C13H13BrN2O3S/c1-19-13-8-10(15)4-7-12(13)16-20(17,18)11-5-2-9(14)3-6-11/h2-8,16H,15H2,1H3. The third kappa shape index (κ3) is 3.23. The smallest absolute Gasteiger partial charge is 0.262 e. The van der Waals surface area contributed by atoms with Gasteiger partial charge in [-0.15, -0.1) is 0 Å². The molecule has 0 atom stereocenters. The number of nitrogen functional groups attached to an aromatic ring is 1. The second-order valence-electron chi connectivity index (χ2n) is 4.02. The van der Waals surface area contributed by atoms with E-state index in [0.29, 0.717) is 17.1 Å². The van der Waals surface area contributed by atoms with Crippen molar-refractivity contribution in [3.8, 4) is 5.75 Å². The highest BCUT2D eigenvalue weighted by atomic mass is 79.9. The Bertz CT molecular complexity index is 715. The molecular formula is C13H13BrN2O3S. The summed E-state index contributed by atoms with van der Waals surface area (Å²) in [6.07, 6.45) is 0. The second kappa shape index (κ2) is 5.72. The number of methoxy groups -OCH3 is 1. The van der Waals surface area contributed by atoms with Crippen molar-refractivity contribution < 1.29 is 13.2 Å². The van der Waals surface area contributed by atoms with E-state index in [9.17, 15) is 8.42 Å². The summed E-state index contributed by atoms with van der Waals surface area (Å²) in [6.45, 7) is 0. The molecule has 0 spiro atoms. The maximum Gasteiger partial charge on any atom is 0.262 e. The summed E-state index contributed by atoms with van der Waals surface area (Å²) in [5, 5.41) is 0. The van der Waals surface area contributed by atoms with Gasteiger partial charge in [-0.2, -0.15) is 0 Å². The Balaban J connectivity index is 2.35. The molecule has 0 heterocycles. The molecular weight excluding hydrogens is 344 g/mol. The average Bonchev–Trinajstić information content (AvgIpc) is 2.41. The molecule has 2 rings (SSSR count). The molecule has 0 aliphatic carbocycles. The molecule has 5 nitrogen and oxygen atoms in total. The van der Waals surface area contributed by atoms with Gasteiger partial charge in [-0.3, -0.25) is 4.72 Å². The minimum atomic E-state index is -3.67. The highest BCUT2D eigenvalue weighted by Gasteiger charge is 2.16. The Morgan fingerprint density at radius 2 is 1.80 bits per heavy atom. The van der Waals surface area contributed by atoms with Gasteiger partial charge in [-0.05, 0) is 36.4 Å². The largest absolute Gasteiger partial charge is 0.494 e. The molecule has 0 aromatic heterocycles. The third-order valence-corrected chi connectivity index (χ3v) is 4.50. The number of halogens is 1. The lowest BCUT2D eigenvalue weighted by Gasteiger charge is -2.12. The van der Waals surface area contributed by atoms with Crippen LogP contribution in [-0.4, -0.2) is 15.5 Å². The molecule has 7 heteroatoms. The molecule has 0 aliphatic heterocycles.